The Hall–Kier alpha value is -0.730. The molecule has 1 aliphatic heterocycles. The van der Waals surface area contributed by atoms with Gasteiger partial charge in [-0.1, -0.05) is 0 Å². The standard InChI is InChI=1S/C9H16N2O/c1-8(2,3)10-7-11-9(4-5-9)6-12-7/h4-6H2,1-3H3,(H,10,11). The molecule has 0 aromatic heterocycles. The van der Waals surface area contributed by atoms with E-state index in [1.165, 1.54) is 12.8 Å². The number of nitrogens with one attached hydrogen (secondary N) is 1. The van der Waals surface area contributed by atoms with E-state index in [-0.39, 0.29) is 11.1 Å². The molecule has 0 atom stereocenters. The zero-order valence-corrected chi connectivity index (χ0v) is 7.98. The third-order valence-corrected chi connectivity index (χ3v) is 2.13. The van der Waals surface area contributed by atoms with Crippen molar-refractivity contribution in [1.29, 1.82) is 0 Å². The summed E-state index contributed by atoms with van der Waals surface area (Å²) >= 11 is 0. The molecule has 1 N–H and O–H groups in total. The van der Waals surface area contributed by atoms with Gasteiger partial charge in [0.25, 0.3) is 6.02 Å². The van der Waals surface area contributed by atoms with Crippen LogP contribution in [0.1, 0.15) is 33.6 Å². The summed E-state index contributed by atoms with van der Waals surface area (Å²) in [5.41, 5.74) is 0.243. The van der Waals surface area contributed by atoms with Crippen LogP contribution in [0.5, 0.6) is 0 Å². The minimum absolute atomic E-state index is 0.0548. The Morgan fingerprint density at radius 2 is 2.08 bits per heavy atom. The van der Waals surface area contributed by atoms with Crippen molar-refractivity contribution in [2.75, 3.05) is 6.61 Å². The third kappa shape index (κ3) is 1.54. The highest BCUT2D eigenvalue weighted by atomic mass is 16.5. The molecule has 0 amide bonds. The summed E-state index contributed by atoms with van der Waals surface area (Å²) in [5.74, 6) is 0. The van der Waals surface area contributed by atoms with Crippen molar-refractivity contribution in [1.82, 2.24) is 5.32 Å². The van der Waals surface area contributed by atoms with Gasteiger partial charge in [-0.3, -0.25) is 0 Å². The van der Waals surface area contributed by atoms with E-state index in [1.807, 2.05) is 0 Å². The quantitative estimate of drug-likeness (QED) is 0.591. The Balaban J connectivity index is 1.98. The van der Waals surface area contributed by atoms with E-state index >= 15 is 0 Å². The minimum Gasteiger partial charge on any atom is -0.463 e. The summed E-state index contributed by atoms with van der Waals surface area (Å²) in [5, 5.41) is 3.24. The maximum Gasteiger partial charge on any atom is 0.285 e. The highest BCUT2D eigenvalue weighted by Gasteiger charge is 2.48. The second kappa shape index (κ2) is 2.15. The Labute approximate surface area is 73.2 Å². The van der Waals surface area contributed by atoms with Crippen molar-refractivity contribution >= 4 is 6.02 Å². The van der Waals surface area contributed by atoms with Crippen molar-refractivity contribution in [2.45, 2.75) is 44.7 Å². The molecule has 2 aliphatic rings. The van der Waals surface area contributed by atoms with E-state index < -0.39 is 0 Å². The number of aliphatic imine (C=N–C) groups is 1. The SMILES string of the molecule is CC(C)(C)NC1=NC2(CC2)CO1. The van der Waals surface area contributed by atoms with Crippen LogP contribution >= 0.6 is 0 Å². The second-order valence-corrected chi connectivity index (χ2v) is 4.80. The summed E-state index contributed by atoms with van der Waals surface area (Å²) in [6.45, 7) is 7.11. The van der Waals surface area contributed by atoms with Crippen LogP contribution in [-0.2, 0) is 4.74 Å². The number of amidine groups is 1. The first kappa shape index (κ1) is 7.90. The molecule has 0 aromatic carbocycles. The molecule has 3 nitrogen and oxygen atoms in total. The summed E-state index contributed by atoms with van der Waals surface area (Å²) < 4.78 is 5.45. The molecule has 2 rings (SSSR count). The van der Waals surface area contributed by atoms with Gasteiger partial charge in [0, 0.05) is 5.54 Å². The van der Waals surface area contributed by atoms with Gasteiger partial charge in [0.1, 0.15) is 12.1 Å². The van der Waals surface area contributed by atoms with Crippen LogP contribution in [0.25, 0.3) is 0 Å². The van der Waals surface area contributed by atoms with Crippen molar-refractivity contribution < 1.29 is 4.74 Å². The number of rotatable bonds is 0. The Bertz CT molecular complexity index is 223. The van der Waals surface area contributed by atoms with Crippen molar-refractivity contribution in [3.8, 4) is 0 Å². The maximum absolute atomic E-state index is 5.45. The monoisotopic (exact) mass is 168 g/mol. The maximum atomic E-state index is 5.45. The largest absolute Gasteiger partial charge is 0.463 e. The van der Waals surface area contributed by atoms with Gasteiger partial charge < -0.3 is 10.1 Å². The lowest BCUT2D eigenvalue weighted by molar-refractivity contribution is 0.287. The van der Waals surface area contributed by atoms with Gasteiger partial charge >= 0.3 is 0 Å². The zero-order valence-electron chi connectivity index (χ0n) is 7.98. The van der Waals surface area contributed by atoms with Crippen LogP contribution in [0.3, 0.4) is 0 Å². The average molecular weight is 168 g/mol. The number of ether oxygens (including phenoxy) is 1. The van der Waals surface area contributed by atoms with Gasteiger partial charge in [0.05, 0.1) is 0 Å². The van der Waals surface area contributed by atoms with E-state index in [9.17, 15) is 0 Å². The second-order valence-electron chi connectivity index (χ2n) is 4.80. The van der Waals surface area contributed by atoms with Crippen LogP contribution in [0, 0.1) is 0 Å². The number of nitrogens with zero attached hydrogens (tertiary/aromatic N) is 1. The van der Waals surface area contributed by atoms with Crippen LogP contribution in [0.2, 0.25) is 0 Å². The first-order valence-corrected chi connectivity index (χ1v) is 4.50. The molecule has 0 aromatic rings. The molecular formula is C9H16N2O. The first-order chi connectivity index (χ1) is 5.49. The van der Waals surface area contributed by atoms with E-state index in [2.05, 4.69) is 31.1 Å². The van der Waals surface area contributed by atoms with Crippen LogP contribution in [0.4, 0.5) is 0 Å². The van der Waals surface area contributed by atoms with Crippen LogP contribution < -0.4 is 5.32 Å². The van der Waals surface area contributed by atoms with E-state index in [1.54, 1.807) is 0 Å². The molecule has 0 radical (unpaired) electrons. The predicted octanol–water partition coefficient (Wildman–Crippen LogP) is 1.29. The Kier molecular flexibility index (Phi) is 1.41. The smallest absolute Gasteiger partial charge is 0.285 e. The van der Waals surface area contributed by atoms with E-state index in [4.69, 9.17) is 4.74 Å². The normalized spacial score (nSPS) is 25.1. The van der Waals surface area contributed by atoms with E-state index in [0.29, 0.717) is 0 Å². The third-order valence-electron chi connectivity index (χ3n) is 2.13. The fraction of sp³-hybridized carbons (Fsp3) is 0.889. The Morgan fingerprint density at radius 3 is 2.50 bits per heavy atom. The molecular weight excluding hydrogens is 152 g/mol. The predicted molar refractivity (Wildman–Crippen MR) is 48.2 cm³/mol. The van der Waals surface area contributed by atoms with Gasteiger partial charge in [-0.15, -0.1) is 0 Å². The summed E-state index contributed by atoms with van der Waals surface area (Å²) in [4.78, 5) is 4.50. The highest BCUT2D eigenvalue weighted by molar-refractivity contribution is 5.77. The molecule has 68 valence electrons. The van der Waals surface area contributed by atoms with Gasteiger partial charge in [-0.05, 0) is 33.6 Å². The van der Waals surface area contributed by atoms with Gasteiger partial charge in [-0.2, -0.15) is 0 Å². The minimum atomic E-state index is 0.0548. The molecule has 3 heteroatoms. The van der Waals surface area contributed by atoms with Gasteiger partial charge in [0.2, 0.25) is 0 Å². The molecule has 0 saturated heterocycles. The topological polar surface area (TPSA) is 33.6 Å². The lowest BCUT2D eigenvalue weighted by atomic mass is 10.1. The molecule has 1 spiro atoms. The summed E-state index contributed by atoms with van der Waals surface area (Å²) in [7, 11) is 0. The number of hydrogen-bond acceptors (Lipinski definition) is 3. The van der Waals surface area contributed by atoms with Crippen molar-refractivity contribution in [3.63, 3.8) is 0 Å². The van der Waals surface area contributed by atoms with E-state index in [0.717, 1.165) is 12.6 Å². The van der Waals surface area contributed by atoms with Crippen LogP contribution in [0.15, 0.2) is 4.99 Å². The summed E-state index contributed by atoms with van der Waals surface area (Å²) in [6, 6.07) is 0.736. The fourth-order valence-electron chi connectivity index (χ4n) is 1.27. The zero-order chi connectivity index (χ0) is 8.82. The lowest BCUT2D eigenvalue weighted by Gasteiger charge is -2.20. The van der Waals surface area contributed by atoms with Crippen LogP contribution in [-0.4, -0.2) is 23.7 Å². The highest BCUT2D eigenvalue weighted by Crippen LogP contribution is 2.42. The fourth-order valence-corrected chi connectivity index (χ4v) is 1.27. The molecule has 1 aliphatic carbocycles. The molecule has 1 heterocycles. The van der Waals surface area contributed by atoms with Crippen molar-refractivity contribution in [3.05, 3.63) is 0 Å². The van der Waals surface area contributed by atoms with Crippen molar-refractivity contribution in [2.24, 2.45) is 4.99 Å². The first-order valence-electron chi connectivity index (χ1n) is 4.50. The average Bonchev–Trinajstić information content (AvgIpc) is 2.49. The summed E-state index contributed by atoms with van der Waals surface area (Å²) in [6.07, 6.45) is 2.39. The molecule has 1 saturated carbocycles. The molecule has 12 heavy (non-hydrogen) atoms. The number of hydrogen-bond donors (Lipinski definition) is 1. The molecule has 1 fully saturated rings. The molecule has 0 unspecified atom stereocenters. The van der Waals surface area contributed by atoms with Gasteiger partial charge in [0.15, 0.2) is 0 Å². The molecule has 0 bridgehead atoms. The lowest BCUT2D eigenvalue weighted by Crippen LogP contribution is -2.40. The Morgan fingerprint density at radius 1 is 1.42 bits per heavy atom. The van der Waals surface area contributed by atoms with Gasteiger partial charge in [-0.25, -0.2) is 4.99 Å².